The molecule has 3 rings (SSSR count). The molecular formula is C11H17NO2. The van der Waals surface area contributed by atoms with Crippen LogP contribution in [0.3, 0.4) is 0 Å². The predicted molar refractivity (Wildman–Crippen MR) is 51.6 cm³/mol. The van der Waals surface area contributed by atoms with Gasteiger partial charge in [0.1, 0.15) is 0 Å². The second-order valence-electron chi connectivity index (χ2n) is 5.06. The molecule has 1 saturated heterocycles. The first-order chi connectivity index (χ1) is 6.75. The van der Waals surface area contributed by atoms with E-state index in [1.54, 1.807) is 0 Å². The fraction of sp³-hybridized carbons (Fsp3) is 0.909. The van der Waals surface area contributed by atoms with Crippen molar-refractivity contribution in [3.8, 4) is 0 Å². The van der Waals surface area contributed by atoms with Gasteiger partial charge in [0.05, 0.1) is 6.10 Å². The second kappa shape index (κ2) is 2.96. The molecule has 3 atom stereocenters. The summed E-state index contributed by atoms with van der Waals surface area (Å²) in [5.41, 5.74) is 0. The maximum Gasteiger partial charge on any atom is 0.225 e. The van der Waals surface area contributed by atoms with Gasteiger partial charge in [-0.2, -0.15) is 0 Å². The van der Waals surface area contributed by atoms with Gasteiger partial charge in [-0.05, 0) is 32.1 Å². The van der Waals surface area contributed by atoms with E-state index in [9.17, 15) is 9.90 Å². The molecule has 3 fully saturated rings. The van der Waals surface area contributed by atoms with Gasteiger partial charge in [-0.25, -0.2) is 0 Å². The molecule has 14 heavy (non-hydrogen) atoms. The fourth-order valence-electron chi connectivity index (χ4n) is 2.94. The zero-order valence-electron chi connectivity index (χ0n) is 8.35. The van der Waals surface area contributed by atoms with Crippen molar-refractivity contribution < 1.29 is 9.90 Å². The molecule has 1 heterocycles. The van der Waals surface area contributed by atoms with Crippen LogP contribution in [-0.2, 0) is 4.79 Å². The van der Waals surface area contributed by atoms with Crippen LogP contribution >= 0.6 is 0 Å². The van der Waals surface area contributed by atoms with Crippen molar-refractivity contribution in [2.24, 2.45) is 11.8 Å². The van der Waals surface area contributed by atoms with E-state index in [0.717, 1.165) is 38.6 Å². The summed E-state index contributed by atoms with van der Waals surface area (Å²) in [6.45, 7) is 0.821. The molecule has 3 aliphatic rings. The molecule has 0 spiro atoms. The average Bonchev–Trinajstić information content (AvgIpc) is 2.95. The Hall–Kier alpha value is -0.570. The Morgan fingerprint density at radius 3 is 2.64 bits per heavy atom. The van der Waals surface area contributed by atoms with E-state index < -0.39 is 0 Å². The Morgan fingerprint density at radius 2 is 2.00 bits per heavy atom. The summed E-state index contributed by atoms with van der Waals surface area (Å²) in [5, 5.41) is 9.71. The van der Waals surface area contributed by atoms with E-state index in [1.807, 2.05) is 0 Å². The number of nitrogens with zero attached hydrogens (tertiary/aromatic N) is 1. The van der Waals surface area contributed by atoms with Crippen LogP contribution in [-0.4, -0.2) is 34.6 Å². The van der Waals surface area contributed by atoms with Crippen LogP contribution in [0, 0.1) is 11.8 Å². The number of amides is 1. The van der Waals surface area contributed by atoms with E-state index in [-0.39, 0.29) is 6.10 Å². The van der Waals surface area contributed by atoms with Crippen molar-refractivity contribution in [2.75, 3.05) is 6.54 Å². The molecule has 1 N–H and O–H groups in total. The molecule has 3 heteroatoms. The van der Waals surface area contributed by atoms with Crippen molar-refractivity contribution in [2.45, 2.75) is 44.2 Å². The van der Waals surface area contributed by atoms with Crippen molar-refractivity contribution in [1.29, 1.82) is 0 Å². The second-order valence-corrected chi connectivity index (χ2v) is 5.06. The third-order valence-corrected chi connectivity index (χ3v) is 4.00. The third kappa shape index (κ3) is 1.26. The molecule has 2 bridgehead atoms. The minimum absolute atomic E-state index is 0.150. The Balaban J connectivity index is 1.73. The van der Waals surface area contributed by atoms with E-state index in [0.29, 0.717) is 23.8 Å². The van der Waals surface area contributed by atoms with Gasteiger partial charge in [0, 0.05) is 24.4 Å². The molecule has 0 radical (unpaired) electrons. The number of fused-ring (bicyclic) bond motifs is 2. The third-order valence-electron chi connectivity index (χ3n) is 4.00. The van der Waals surface area contributed by atoms with E-state index in [4.69, 9.17) is 0 Å². The average molecular weight is 195 g/mol. The topological polar surface area (TPSA) is 40.5 Å². The van der Waals surface area contributed by atoms with Gasteiger partial charge >= 0.3 is 0 Å². The SMILES string of the molecule is O=C(C1CC1)N1CC2CC1CCC2O. The number of carbonyl (C=O) groups excluding carboxylic acids is 1. The van der Waals surface area contributed by atoms with E-state index in [1.165, 1.54) is 0 Å². The minimum atomic E-state index is -0.150. The largest absolute Gasteiger partial charge is 0.393 e. The highest BCUT2D eigenvalue weighted by Gasteiger charge is 2.45. The molecular weight excluding hydrogens is 178 g/mol. The maximum atomic E-state index is 11.9. The summed E-state index contributed by atoms with van der Waals surface area (Å²) in [6.07, 6.45) is 4.98. The van der Waals surface area contributed by atoms with Gasteiger partial charge < -0.3 is 10.0 Å². The van der Waals surface area contributed by atoms with Crippen LogP contribution in [0.1, 0.15) is 32.1 Å². The molecule has 0 aromatic carbocycles. The first-order valence-electron chi connectivity index (χ1n) is 5.74. The van der Waals surface area contributed by atoms with Crippen LogP contribution in [0.5, 0.6) is 0 Å². The number of likely N-dealkylation sites (tertiary alicyclic amines) is 1. The van der Waals surface area contributed by atoms with E-state index in [2.05, 4.69) is 4.90 Å². The van der Waals surface area contributed by atoms with Crippen LogP contribution in [0.25, 0.3) is 0 Å². The zero-order valence-corrected chi connectivity index (χ0v) is 8.35. The standard InChI is InChI=1S/C11H17NO2/c13-10-4-3-9-5-8(10)6-12(9)11(14)7-1-2-7/h7-10,13H,1-6H2. The van der Waals surface area contributed by atoms with Gasteiger partial charge in [0.2, 0.25) is 5.91 Å². The lowest BCUT2D eigenvalue weighted by atomic mass is 9.88. The fourth-order valence-corrected chi connectivity index (χ4v) is 2.94. The monoisotopic (exact) mass is 195 g/mol. The van der Waals surface area contributed by atoms with Gasteiger partial charge in [-0.1, -0.05) is 0 Å². The van der Waals surface area contributed by atoms with Crippen LogP contribution in [0.15, 0.2) is 0 Å². The Labute approximate surface area is 84.1 Å². The van der Waals surface area contributed by atoms with Crippen LogP contribution in [0.4, 0.5) is 0 Å². The summed E-state index contributed by atoms with van der Waals surface area (Å²) in [4.78, 5) is 14.0. The Kier molecular flexibility index (Phi) is 1.84. The molecule has 2 aliphatic carbocycles. The Morgan fingerprint density at radius 1 is 1.21 bits per heavy atom. The predicted octanol–water partition coefficient (Wildman–Crippen LogP) is 0.768. The zero-order chi connectivity index (χ0) is 9.71. The van der Waals surface area contributed by atoms with Crippen molar-refractivity contribution in [1.82, 2.24) is 4.90 Å². The van der Waals surface area contributed by atoms with E-state index >= 15 is 0 Å². The lowest BCUT2D eigenvalue weighted by Crippen LogP contribution is -2.36. The molecule has 0 aromatic heterocycles. The summed E-state index contributed by atoms with van der Waals surface area (Å²) < 4.78 is 0. The number of aliphatic hydroxyl groups is 1. The first-order valence-corrected chi connectivity index (χ1v) is 5.74. The molecule has 2 saturated carbocycles. The summed E-state index contributed by atoms with van der Waals surface area (Å²) in [5.74, 6) is 1.08. The lowest BCUT2D eigenvalue weighted by Gasteiger charge is -2.25. The Bertz CT molecular complexity index is 262. The number of aliphatic hydroxyl groups excluding tert-OH is 1. The van der Waals surface area contributed by atoms with Crippen LogP contribution < -0.4 is 0 Å². The van der Waals surface area contributed by atoms with Crippen molar-refractivity contribution in [3.63, 3.8) is 0 Å². The molecule has 78 valence electrons. The van der Waals surface area contributed by atoms with Crippen LogP contribution in [0.2, 0.25) is 0 Å². The summed E-state index contributed by atoms with van der Waals surface area (Å²) in [6, 6.07) is 0.455. The molecule has 3 nitrogen and oxygen atoms in total. The molecule has 1 amide bonds. The highest BCUT2D eigenvalue weighted by Crippen LogP contribution is 2.39. The molecule has 1 aliphatic heterocycles. The van der Waals surface area contributed by atoms with Crippen molar-refractivity contribution in [3.05, 3.63) is 0 Å². The number of rotatable bonds is 1. The van der Waals surface area contributed by atoms with Crippen molar-refractivity contribution >= 4 is 5.91 Å². The maximum absolute atomic E-state index is 11.9. The number of hydrogen-bond donors (Lipinski definition) is 1. The molecule has 3 unspecified atom stereocenters. The van der Waals surface area contributed by atoms with Gasteiger partial charge in [-0.3, -0.25) is 4.79 Å². The quantitative estimate of drug-likeness (QED) is 0.671. The lowest BCUT2D eigenvalue weighted by molar-refractivity contribution is -0.133. The number of carbonyl (C=O) groups is 1. The summed E-state index contributed by atoms with van der Waals surface area (Å²) in [7, 11) is 0. The highest BCUT2D eigenvalue weighted by atomic mass is 16.3. The summed E-state index contributed by atoms with van der Waals surface area (Å²) >= 11 is 0. The van der Waals surface area contributed by atoms with Gasteiger partial charge in [0.15, 0.2) is 0 Å². The number of hydrogen-bond acceptors (Lipinski definition) is 2. The smallest absolute Gasteiger partial charge is 0.225 e. The first kappa shape index (κ1) is 8.72. The van der Waals surface area contributed by atoms with Gasteiger partial charge in [-0.15, -0.1) is 0 Å². The normalized spacial score (nSPS) is 41.5. The molecule has 0 aromatic rings. The highest BCUT2D eigenvalue weighted by molar-refractivity contribution is 5.81. The minimum Gasteiger partial charge on any atom is -0.393 e. The van der Waals surface area contributed by atoms with Gasteiger partial charge in [0.25, 0.3) is 0 Å².